The predicted molar refractivity (Wildman–Crippen MR) is 316 cm³/mol. The number of hydrogen-bond acceptors (Lipinski definition) is 6. The molecule has 0 aliphatic rings. The molecule has 1 atom stereocenters. The Kier molecular flexibility index (Phi) is 59.7. The van der Waals surface area contributed by atoms with E-state index in [4.69, 9.17) is 14.2 Å². The average Bonchev–Trinajstić information content (AvgIpc) is 3.39. The number of rotatable bonds is 59. The van der Waals surface area contributed by atoms with E-state index in [2.05, 4.69) is 69.4 Å². The summed E-state index contributed by atoms with van der Waals surface area (Å²) >= 11 is 0. The van der Waals surface area contributed by atoms with Crippen molar-refractivity contribution in [1.82, 2.24) is 0 Å². The zero-order valence-corrected chi connectivity index (χ0v) is 48.9. The van der Waals surface area contributed by atoms with Crippen molar-refractivity contribution in [3.63, 3.8) is 0 Å². The number of unbranched alkanes of at least 4 members (excludes halogenated alkanes) is 40. The molecule has 0 spiro atoms. The molecule has 0 heterocycles. The Morgan fingerprint density at radius 1 is 0.274 bits per heavy atom. The quantitative estimate of drug-likeness (QED) is 0.0261. The van der Waals surface area contributed by atoms with Gasteiger partial charge in [-0.15, -0.1) is 0 Å². The van der Waals surface area contributed by atoms with Crippen molar-refractivity contribution in [1.29, 1.82) is 0 Å². The maximum Gasteiger partial charge on any atom is 0.306 e. The van der Waals surface area contributed by atoms with Gasteiger partial charge in [0.25, 0.3) is 0 Å². The molecule has 0 saturated heterocycles. The van der Waals surface area contributed by atoms with Gasteiger partial charge in [0, 0.05) is 19.3 Å². The van der Waals surface area contributed by atoms with E-state index in [1.165, 1.54) is 231 Å². The number of hydrogen-bond donors (Lipinski definition) is 0. The zero-order chi connectivity index (χ0) is 52.9. The summed E-state index contributed by atoms with van der Waals surface area (Å²) in [5.41, 5.74) is 0. The molecule has 0 aromatic rings. The molecule has 6 nitrogen and oxygen atoms in total. The van der Waals surface area contributed by atoms with Crippen LogP contribution >= 0.6 is 0 Å². The molecule has 0 bridgehead atoms. The third kappa shape index (κ3) is 60.1. The lowest BCUT2D eigenvalue weighted by Gasteiger charge is -2.18. The fraction of sp³-hybridized carbons (Fsp3) is 0.836. The second-order valence-corrected chi connectivity index (χ2v) is 21.7. The van der Waals surface area contributed by atoms with Gasteiger partial charge >= 0.3 is 17.9 Å². The molecule has 6 heteroatoms. The second kappa shape index (κ2) is 61.9. The minimum absolute atomic E-state index is 0.0748. The minimum atomic E-state index is -0.777. The van der Waals surface area contributed by atoms with Crippen LogP contribution in [-0.4, -0.2) is 37.2 Å². The summed E-state index contributed by atoms with van der Waals surface area (Å²) < 4.78 is 16.9. The summed E-state index contributed by atoms with van der Waals surface area (Å²) in [4.78, 5) is 38.2. The summed E-state index contributed by atoms with van der Waals surface area (Å²) in [6.07, 6.45) is 77.0. The molecule has 0 amide bonds. The Morgan fingerprint density at radius 3 is 0.808 bits per heavy atom. The van der Waals surface area contributed by atoms with E-state index in [1.54, 1.807) is 0 Å². The highest BCUT2D eigenvalue weighted by molar-refractivity contribution is 5.71. The first-order chi connectivity index (χ1) is 36.0. The van der Waals surface area contributed by atoms with E-state index < -0.39 is 6.10 Å². The van der Waals surface area contributed by atoms with Crippen LogP contribution in [0.15, 0.2) is 48.6 Å². The maximum absolute atomic E-state index is 12.9. The van der Waals surface area contributed by atoms with Gasteiger partial charge < -0.3 is 14.2 Å². The van der Waals surface area contributed by atoms with Crippen LogP contribution in [0.3, 0.4) is 0 Å². The van der Waals surface area contributed by atoms with E-state index in [-0.39, 0.29) is 31.1 Å². The van der Waals surface area contributed by atoms with E-state index in [1.807, 2.05) is 0 Å². The first-order valence-electron chi connectivity index (χ1n) is 32.1. The first kappa shape index (κ1) is 70.4. The van der Waals surface area contributed by atoms with Gasteiger partial charge in [-0.1, -0.05) is 275 Å². The number of esters is 3. The standard InChI is InChI=1S/C67H122O6/c1-4-7-10-13-16-19-22-24-26-28-29-30-31-32-33-34-35-36-37-39-40-42-45-48-51-54-57-60-66(69)72-63-64(62-71-65(68)59-56-53-50-47-44-21-18-15-12-9-6-3)73-67(70)61-58-55-52-49-46-43-41-38-27-25-23-20-17-14-11-8-5-2/h15,18,22,24-25,27-29,64H,4-14,16-17,19-21,23,26,30-63H2,1-3H3/b18-15-,24-22-,27-25-,29-28-. The topological polar surface area (TPSA) is 78.9 Å². The fourth-order valence-corrected chi connectivity index (χ4v) is 9.39. The molecule has 0 aliphatic carbocycles. The highest BCUT2D eigenvalue weighted by Crippen LogP contribution is 2.17. The van der Waals surface area contributed by atoms with Crippen molar-refractivity contribution in [3.8, 4) is 0 Å². The van der Waals surface area contributed by atoms with Crippen LogP contribution in [0.2, 0.25) is 0 Å². The SMILES string of the molecule is CCCC/C=C\CCCCCCCC(=O)OCC(COC(=O)CCCCCCCCCCCCCCCCC/C=C\C/C=C\CCCCCCC)OC(=O)CCCCCCCCC/C=C\CCCCCCCC. The summed E-state index contributed by atoms with van der Waals surface area (Å²) in [7, 11) is 0. The highest BCUT2D eigenvalue weighted by Gasteiger charge is 2.19. The predicted octanol–water partition coefficient (Wildman–Crippen LogP) is 21.8. The van der Waals surface area contributed by atoms with Gasteiger partial charge in [-0.2, -0.15) is 0 Å². The van der Waals surface area contributed by atoms with Crippen LogP contribution in [0.25, 0.3) is 0 Å². The zero-order valence-electron chi connectivity index (χ0n) is 48.9. The van der Waals surface area contributed by atoms with Gasteiger partial charge in [-0.25, -0.2) is 0 Å². The smallest absolute Gasteiger partial charge is 0.306 e. The molecule has 426 valence electrons. The molecule has 0 rings (SSSR count). The van der Waals surface area contributed by atoms with Gasteiger partial charge in [0.2, 0.25) is 0 Å². The van der Waals surface area contributed by atoms with Crippen LogP contribution in [0.5, 0.6) is 0 Å². The number of allylic oxidation sites excluding steroid dienone is 8. The van der Waals surface area contributed by atoms with E-state index in [9.17, 15) is 14.4 Å². The Bertz CT molecular complexity index is 1270. The largest absolute Gasteiger partial charge is 0.462 e. The normalized spacial score (nSPS) is 12.3. The third-order valence-corrected chi connectivity index (χ3v) is 14.3. The van der Waals surface area contributed by atoms with Crippen molar-refractivity contribution in [2.75, 3.05) is 13.2 Å². The molecule has 0 saturated carbocycles. The molecule has 0 aromatic carbocycles. The van der Waals surface area contributed by atoms with Crippen molar-refractivity contribution in [3.05, 3.63) is 48.6 Å². The number of carbonyl (C=O) groups excluding carboxylic acids is 3. The Morgan fingerprint density at radius 2 is 0.507 bits per heavy atom. The molecule has 0 radical (unpaired) electrons. The van der Waals surface area contributed by atoms with Gasteiger partial charge in [0.1, 0.15) is 13.2 Å². The number of carbonyl (C=O) groups is 3. The van der Waals surface area contributed by atoms with Gasteiger partial charge in [0.15, 0.2) is 6.10 Å². The van der Waals surface area contributed by atoms with Gasteiger partial charge in [0.05, 0.1) is 0 Å². The van der Waals surface area contributed by atoms with Crippen LogP contribution < -0.4 is 0 Å². The highest BCUT2D eigenvalue weighted by atomic mass is 16.6. The van der Waals surface area contributed by atoms with E-state index in [0.717, 1.165) is 70.6 Å². The summed E-state index contributed by atoms with van der Waals surface area (Å²) in [5.74, 6) is -0.872. The second-order valence-electron chi connectivity index (χ2n) is 21.7. The maximum atomic E-state index is 12.9. The van der Waals surface area contributed by atoms with Gasteiger partial charge in [-0.05, 0) is 96.3 Å². The van der Waals surface area contributed by atoms with Gasteiger partial charge in [-0.3, -0.25) is 14.4 Å². The van der Waals surface area contributed by atoms with Crippen LogP contribution in [0.4, 0.5) is 0 Å². The Labute approximate surface area is 454 Å². The van der Waals surface area contributed by atoms with Crippen LogP contribution in [0.1, 0.15) is 342 Å². The molecule has 0 fully saturated rings. The summed E-state index contributed by atoms with van der Waals surface area (Å²) in [6, 6.07) is 0. The van der Waals surface area contributed by atoms with Crippen LogP contribution in [-0.2, 0) is 28.6 Å². The summed E-state index contributed by atoms with van der Waals surface area (Å²) in [6.45, 7) is 6.62. The third-order valence-electron chi connectivity index (χ3n) is 14.3. The van der Waals surface area contributed by atoms with Crippen molar-refractivity contribution < 1.29 is 28.6 Å². The first-order valence-corrected chi connectivity index (χ1v) is 32.1. The minimum Gasteiger partial charge on any atom is -0.462 e. The molecule has 1 unspecified atom stereocenters. The summed E-state index contributed by atoms with van der Waals surface area (Å²) in [5, 5.41) is 0. The molecular formula is C67H122O6. The molecular weight excluding hydrogens is 901 g/mol. The Hall–Kier alpha value is -2.63. The fourth-order valence-electron chi connectivity index (χ4n) is 9.39. The monoisotopic (exact) mass is 1020 g/mol. The lowest BCUT2D eigenvalue weighted by molar-refractivity contribution is -0.167. The van der Waals surface area contributed by atoms with E-state index >= 15 is 0 Å². The van der Waals surface area contributed by atoms with Crippen molar-refractivity contribution in [2.45, 2.75) is 348 Å². The molecule has 0 aliphatic heterocycles. The molecule has 73 heavy (non-hydrogen) atoms. The van der Waals surface area contributed by atoms with Crippen LogP contribution in [0, 0.1) is 0 Å². The molecule has 0 N–H and O–H groups in total. The van der Waals surface area contributed by atoms with E-state index in [0.29, 0.717) is 19.3 Å². The average molecular weight is 1020 g/mol. The molecule has 0 aromatic heterocycles. The number of ether oxygens (including phenoxy) is 3. The lowest BCUT2D eigenvalue weighted by Crippen LogP contribution is -2.30. The van der Waals surface area contributed by atoms with Crippen molar-refractivity contribution >= 4 is 17.9 Å². The van der Waals surface area contributed by atoms with Crippen molar-refractivity contribution in [2.24, 2.45) is 0 Å². The lowest BCUT2D eigenvalue weighted by atomic mass is 10.0. The Balaban J connectivity index is 4.19.